The van der Waals surface area contributed by atoms with Crippen LogP contribution in [-0.4, -0.2) is 16.8 Å². The van der Waals surface area contributed by atoms with Crippen LogP contribution in [0.25, 0.3) is 0 Å². The van der Waals surface area contributed by atoms with E-state index < -0.39 is 23.4 Å². The van der Waals surface area contributed by atoms with Gasteiger partial charge in [-0.25, -0.2) is 8.78 Å². The van der Waals surface area contributed by atoms with Crippen molar-refractivity contribution >= 4 is 23.2 Å². The van der Waals surface area contributed by atoms with Crippen LogP contribution < -0.4 is 10.6 Å². The number of rotatable bonds is 4. The Kier molecular flexibility index (Phi) is 5.21. The number of nitrogens with zero attached hydrogens (tertiary/aromatic N) is 1. The van der Waals surface area contributed by atoms with Crippen LogP contribution in [0.4, 0.5) is 20.2 Å². The second-order valence-corrected chi connectivity index (χ2v) is 5.87. The minimum Gasteiger partial charge on any atom is -0.322 e. The molecule has 0 aliphatic carbocycles. The van der Waals surface area contributed by atoms with Crippen LogP contribution in [0.3, 0.4) is 0 Å². The summed E-state index contributed by atoms with van der Waals surface area (Å²) in [5.41, 5.74) is 2.00. The molecule has 3 aromatic rings. The summed E-state index contributed by atoms with van der Waals surface area (Å²) in [6, 6.07) is 11.7. The topological polar surface area (TPSA) is 71.1 Å². The van der Waals surface area contributed by atoms with Gasteiger partial charge in [-0.2, -0.15) is 0 Å². The third-order valence-corrected chi connectivity index (χ3v) is 3.72. The Bertz CT molecular complexity index is 1020. The standard InChI is InChI=1S/C20H15F2N3O2/c1-12-3-2-4-15(7-12)24-19(26)13-8-14(11-23-10-13)20(27)25-16-5-6-17(21)18(22)9-16/h2-11H,1H3,(H,24,26)(H,25,27). The van der Waals surface area contributed by atoms with E-state index in [1.807, 2.05) is 25.1 Å². The normalized spacial score (nSPS) is 10.3. The first-order valence-electron chi connectivity index (χ1n) is 8.02. The molecule has 0 saturated carbocycles. The molecule has 0 saturated heterocycles. The lowest BCUT2D eigenvalue weighted by Crippen LogP contribution is -2.16. The largest absolute Gasteiger partial charge is 0.322 e. The zero-order valence-electron chi connectivity index (χ0n) is 14.3. The van der Waals surface area contributed by atoms with Crippen LogP contribution >= 0.6 is 0 Å². The SMILES string of the molecule is Cc1cccc(NC(=O)c2cncc(C(=O)Nc3ccc(F)c(F)c3)c2)c1. The molecule has 0 bridgehead atoms. The molecule has 136 valence electrons. The fourth-order valence-corrected chi connectivity index (χ4v) is 2.39. The minimum absolute atomic E-state index is 0.0912. The van der Waals surface area contributed by atoms with Gasteiger partial charge in [0.1, 0.15) is 0 Å². The lowest BCUT2D eigenvalue weighted by molar-refractivity contribution is 0.102. The Labute approximate surface area is 154 Å². The highest BCUT2D eigenvalue weighted by molar-refractivity contribution is 6.08. The number of carbonyl (C=O) groups is 2. The van der Waals surface area contributed by atoms with Crippen molar-refractivity contribution in [3.8, 4) is 0 Å². The van der Waals surface area contributed by atoms with Crippen LogP contribution in [0.1, 0.15) is 26.3 Å². The molecule has 2 N–H and O–H groups in total. The third-order valence-electron chi connectivity index (χ3n) is 3.72. The molecule has 1 aromatic heterocycles. The molecule has 7 heteroatoms. The van der Waals surface area contributed by atoms with E-state index in [-0.39, 0.29) is 16.8 Å². The van der Waals surface area contributed by atoms with Gasteiger partial charge in [0.25, 0.3) is 11.8 Å². The van der Waals surface area contributed by atoms with Gasteiger partial charge in [0.2, 0.25) is 0 Å². The monoisotopic (exact) mass is 367 g/mol. The Morgan fingerprint density at radius 2 is 1.44 bits per heavy atom. The molecule has 2 aromatic carbocycles. The summed E-state index contributed by atoms with van der Waals surface area (Å²) in [5.74, 6) is -3.10. The Morgan fingerprint density at radius 1 is 0.815 bits per heavy atom. The Hall–Kier alpha value is -3.61. The third kappa shape index (κ3) is 4.52. The van der Waals surface area contributed by atoms with E-state index in [1.54, 1.807) is 6.07 Å². The first-order valence-corrected chi connectivity index (χ1v) is 8.02. The second-order valence-electron chi connectivity index (χ2n) is 5.87. The Morgan fingerprint density at radius 3 is 2.04 bits per heavy atom. The van der Waals surface area contributed by atoms with Crippen molar-refractivity contribution in [2.24, 2.45) is 0 Å². The molecule has 27 heavy (non-hydrogen) atoms. The predicted octanol–water partition coefficient (Wildman–Crippen LogP) is 4.17. The number of nitrogens with one attached hydrogen (secondary N) is 2. The van der Waals surface area contributed by atoms with Gasteiger partial charge in [-0.15, -0.1) is 0 Å². The molecule has 2 amide bonds. The fourth-order valence-electron chi connectivity index (χ4n) is 2.39. The van der Waals surface area contributed by atoms with Crippen LogP contribution in [0.15, 0.2) is 60.9 Å². The number of aromatic nitrogens is 1. The minimum atomic E-state index is -1.07. The predicted molar refractivity (Wildman–Crippen MR) is 97.7 cm³/mol. The average molecular weight is 367 g/mol. The first-order chi connectivity index (χ1) is 12.9. The van der Waals surface area contributed by atoms with Gasteiger partial charge in [-0.05, 0) is 42.8 Å². The van der Waals surface area contributed by atoms with E-state index in [0.717, 1.165) is 17.7 Å². The van der Waals surface area contributed by atoms with Crippen LogP contribution in [0.2, 0.25) is 0 Å². The molecule has 1 heterocycles. The summed E-state index contributed by atoms with van der Waals surface area (Å²) < 4.78 is 26.2. The Balaban J connectivity index is 1.75. The molecule has 0 fully saturated rings. The average Bonchev–Trinajstić information content (AvgIpc) is 2.65. The van der Waals surface area contributed by atoms with Crippen molar-refractivity contribution in [3.63, 3.8) is 0 Å². The number of aryl methyl sites for hydroxylation is 1. The van der Waals surface area contributed by atoms with E-state index in [2.05, 4.69) is 15.6 Å². The lowest BCUT2D eigenvalue weighted by atomic mass is 10.1. The van der Waals surface area contributed by atoms with Crippen LogP contribution in [-0.2, 0) is 0 Å². The van der Waals surface area contributed by atoms with Gasteiger partial charge >= 0.3 is 0 Å². The van der Waals surface area contributed by atoms with Crippen molar-refractivity contribution in [1.82, 2.24) is 4.98 Å². The summed E-state index contributed by atoms with van der Waals surface area (Å²) in [5, 5.41) is 5.16. The zero-order chi connectivity index (χ0) is 19.4. The van der Waals surface area contributed by atoms with Gasteiger partial charge in [-0.3, -0.25) is 14.6 Å². The molecular formula is C20H15F2N3O2. The summed E-state index contributed by atoms with van der Waals surface area (Å²) in [6.45, 7) is 1.90. The lowest BCUT2D eigenvalue weighted by Gasteiger charge is -2.08. The number of anilines is 2. The molecular weight excluding hydrogens is 352 g/mol. The summed E-state index contributed by atoms with van der Waals surface area (Å²) in [4.78, 5) is 28.6. The number of hydrogen-bond donors (Lipinski definition) is 2. The van der Waals surface area contributed by atoms with Gasteiger partial charge in [0, 0.05) is 29.8 Å². The van der Waals surface area contributed by atoms with Gasteiger partial charge in [0.05, 0.1) is 11.1 Å². The number of pyridine rings is 1. The molecule has 5 nitrogen and oxygen atoms in total. The van der Waals surface area contributed by atoms with Crippen molar-refractivity contribution in [3.05, 3.63) is 89.2 Å². The number of benzene rings is 2. The summed E-state index contributed by atoms with van der Waals surface area (Å²) in [7, 11) is 0. The van der Waals surface area contributed by atoms with E-state index in [4.69, 9.17) is 0 Å². The molecule has 0 aliphatic heterocycles. The highest BCUT2D eigenvalue weighted by Crippen LogP contribution is 2.15. The van der Waals surface area contributed by atoms with Crippen molar-refractivity contribution in [1.29, 1.82) is 0 Å². The smallest absolute Gasteiger partial charge is 0.257 e. The maximum absolute atomic E-state index is 13.2. The molecule has 0 aliphatic rings. The molecule has 0 unspecified atom stereocenters. The van der Waals surface area contributed by atoms with Crippen molar-refractivity contribution < 1.29 is 18.4 Å². The maximum atomic E-state index is 13.2. The molecule has 0 spiro atoms. The van der Waals surface area contributed by atoms with Gasteiger partial charge in [-0.1, -0.05) is 12.1 Å². The number of amides is 2. The zero-order valence-corrected chi connectivity index (χ0v) is 14.3. The van der Waals surface area contributed by atoms with Crippen molar-refractivity contribution in [2.75, 3.05) is 10.6 Å². The van der Waals surface area contributed by atoms with E-state index >= 15 is 0 Å². The van der Waals surface area contributed by atoms with E-state index in [9.17, 15) is 18.4 Å². The van der Waals surface area contributed by atoms with Crippen molar-refractivity contribution in [2.45, 2.75) is 6.92 Å². The highest BCUT2D eigenvalue weighted by atomic mass is 19.2. The molecule has 3 rings (SSSR count). The fraction of sp³-hybridized carbons (Fsp3) is 0.0500. The first kappa shape index (κ1) is 18.2. The second kappa shape index (κ2) is 7.74. The van der Waals surface area contributed by atoms with E-state index in [1.165, 1.54) is 24.5 Å². The molecule has 0 atom stereocenters. The number of carbonyl (C=O) groups excluding carboxylic acids is 2. The van der Waals surface area contributed by atoms with Crippen LogP contribution in [0, 0.1) is 18.6 Å². The van der Waals surface area contributed by atoms with Gasteiger partial charge < -0.3 is 10.6 Å². The molecule has 0 radical (unpaired) electrons. The van der Waals surface area contributed by atoms with E-state index in [0.29, 0.717) is 5.69 Å². The van der Waals surface area contributed by atoms with Gasteiger partial charge in [0.15, 0.2) is 11.6 Å². The highest BCUT2D eigenvalue weighted by Gasteiger charge is 2.13. The quantitative estimate of drug-likeness (QED) is 0.727. The number of halogens is 2. The summed E-state index contributed by atoms with van der Waals surface area (Å²) >= 11 is 0. The maximum Gasteiger partial charge on any atom is 0.257 e. The van der Waals surface area contributed by atoms with Crippen LogP contribution in [0.5, 0.6) is 0 Å². The number of hydrogen-bond acceptors (Lipinski definition) is 3. The summed E-state index contributed by atoms with van der Waals surface area (Å²) in [6.07, 6.45) is 2.61.